The molecule has 0 atom stereocenters. The van der Waals surface area contributed by atoms with Gasteiger partial charge in [0.25, 0.3) is 0 Å². The third-order valence-electron chi connectivity index (χ3n) is 3.80. The summed E-state index contributed by atoms with van der Waals surface area (Å²) in [5, 5.41) is 5.54. The second kappa shape index (κ2) is 7.18. The lowest BCUT2D eigenvalue weighted by atomic mass is 10.1. The number of nitrogens with one attached hydrogen (secondary N) is 2. The fourth-order valence-corrected chi connectivity index (χ4v) is 2.54. The summed E-state index contributed by atoms with van der Waals surface area (Å²) in [6.07, 6.45) is 0. The molecule has 0 fully saturated rings. The Morgan fingerprint density at radius 2 is 1.57 bits per heavy atom. The van der Waals surface area contributed by atoms with E-state index in [0.29, 0.717) is 0 Å². The molecule has 0 radical (unpaired) electrons. The minimum Gasteiger partial charge on any atom is -0.473 e. The molecule has 0 heterocycles. The molecule has 4 heteroatoms. The molecule has 2 aromatic rings. The summed E-state index contributed by atoms with van der Waals surface area (Å²) in [5.74, 6) is 0.830. The summed E-state index contributed by atoms with van der Waals surface area (Å²) < 4.78 is 5.73. The van der Waals surface area contributed by atoms with Crippen molar-refractivity contribution in [1.82, 2.24) is 5.32 Å². The van der Waals surface area contributed by atoms with Gasteiger partial charge in [0.15, 0.2) is 6.73 Å². The van der Waals surface area contributed by atoms with Crippen LogP contribution < -0.4 is 15.4 Å². The molecule has 0 bridgehead atoms. The molecule has 0 saturated carbocycles. The van der Waals surface area contributed by atoms with Crippen LogP contribution in [0.15, 0.2) is 30.3 Å². The van der Waals surface area contributed by atoms with Gasteiger partial charge in [-0.25, -0.2) is 4.79 Å². The molecule has 2 amide bonds. The minimum atomic E-state index is -0.280. The van der Waals surface area contributed by atoms with Crippen LogP contribution in [0, 0.1) is 34.6 Å². The number of rotatable bonds is 4. The normalized spacial score (nSPS) is 10.3. The van der Waals surface area contributed by atoms with Gasteiger partial charge in [-0.05, 0) is 74.6 Å². The minimum absolute atomic E-state index is 0.127. The lowest BCUT2D eigenvalue weighted by Crippen LogP contribution is -2.32. The quantitative estimate of drug-likeness (QED) is 0.823. The van der Waals surface area contributed by atoms with Crippen molar-refractivity contribution in [3.05, 3.63) is 58.1 Å². The number of amides is 2. The predicted octanol–water partition coefficient (Wildman–Crippen LogP) is 4.39. The molecule has 0 aliphatic heterocycles. The Morgan fingerprint density at radius 1 is 0.957 bits per heavy atom. The standard InChI is InChI=1S/C19H24N2O2/c1-12-8-13(2)10-17(9-12)21-19(22)20-11-23-18-15(4)7-6-14(3)16(18)5/h6-10H,11H2,1-5H3,(H2,20,21,22). The molecule has 2 N–H and O–H groups in total. The number of carbonyl (C=O) groups excluding carboxylic acids is 1. The first-order valence-corrected chi connectivity index (χ1v) is 7.69. The summed E-state index contributed by atoms with van der Waals surface area (Å²) in [5.41, 5.74) is 6.34. The van der Waals surface area contributed by atoms with Crippen LogP contribution in [0.3, 0.4) is 0 Å². The van der Waals surface area contributed by atoms with Gasteiger partial charge in [-0.15, -0.1) is 0 Å². The molecular weight excluding hydrogens is 288 g/mol. The zero-order valence-electron chi connectivity index (χ0n) is 14.4. The number of ether oxygens (including phenoxy) is 1. The Hall–Kier alpha value is -2.49. The zero-order valence-corrected chi connectivity index (χ0v) is 14.4. The molecule has 0 saturated heterocycles. The largest absolute Gasteiger partial charge is 0.473 e. The third-order valence-corrected chi connectivity index (χ3v) is 3.80. The second-order valence-electron chi connectivity index (χ2n) is 5.95. The molecule has 2 aromatic carbocycles. The van der Waals surface area contributed by atoms with E-state index in [-0.39, 0.29) is 12.8 Å². The highest BCUT2D eigenvalue weighted by Crippen LogP contribution is 2.25. The Labute approximate surface area is 137 Å². The monoisotopic (exact) mass is 312 g/mol. The molecule has 122 valence electrons. The number of aryl methyl sites for hydroxylation is 4. The third kappa shape index (κ3) is 4.49. The van der Waals surface area contributed by atoms with Crippen molar-refractivity contribution >= 4 is 11.7 Å². The van der Waals surface area contributed by atoms with Crippen LogP contribution in [0.4, 0.5) is 10.5 Å². The lowest BCUT2D eigenvalue weighted by Gasteiger charge is -2.15. The van der Waals surface area contributed by atoms with Gasteiger partial charge in [0.05, 0.1) is 0 Å². The van der Waals surface area contributed by atoms with E-state index >= 15 is 0 Å². The van der Waals surface area contributed by atoms with Crippen LogP contribution in [-0.4, -0.2) is 12.8 Å². The van der Waals surface area contributed by atoms with Crippen LogP contribution in [0.1, 0.15) is 27.8 Å². The van der Waals surface area contributed by atoms with Gasteiger partial charge in [-0.3, -0.25) is 0 Å². The Kier molecular flexibility index (Phi) is 5.27. The fraction of sp³-hybridized carbons (Fsp3) is 0.316. The molecule has 0 aromatic heterocycles. The van der Waals surface area contributed by atoms with Crippen molar-refractivity contribution in [3.63, 3.8) is 0 Å². The molecule has 2 rings (SSSR count). The van der Waals surface area contributed by atoms with Crippen LogP contribution in [0.25, 0.3) is 0 Å². The van der Waals surface area contributed by atoms with Gasteiger partial charge < -0.3 is 15.4 Å². The highest BCUT2D eigenvalue weighted by atomic mass is 16.5. The summed E-state index contributed by atoms with van der Waals surface area (Å²) in [6.45, 7) is 10.2. The SMILES string of the molecule is Cc1cc(C)cc(NC(=O)NCOc2c(C)ccc(C)c2C)c1. The summed E-state index contributed by atoms with van der Waals surface area (Å²) in [6, 6.07) is 9.74. The van der Waals surface area contributed by atoms with E-state index in [0.717, 1.165) is 33.7 Å². The van der Waals surface area contributed by atoms with Gasteiger partial charge in [0, 0.05) is 5.69 Å². The average molecular weight is 312 g/mol. The van der Waals surface area contributed by atoms with Crippen molar-refractivity contribution in [1.29, 1.82) is 0 Å². The van der Waals surface area contributed by atoms with Gasteiger partial charge in [-0.2, -0.15) is 0 Å². The number of hydrogen-bond donors (Lipinski definition) is 2. The van der Waals surface area contributed by atoms with Gasteiger partial charge in [-0.1, -0.05) is 18.2 Å². The first-order valence-electron chi connectivity index (χ1n) is 7.69. The van der Waals surface area contributed by atoms with E-state index in [2.05, 4.69) is 22.8 Å². The lowest BCUT2D eigenvalue weighted by molar-refractivity contribution is 0.234. The smallest absolute Gasteiger partial charge is 0.321 e. The van der Waals surface area contributed by atoms with Crippen LogP contribution in [0.2, 0.25) is 0 Å². The predicted molar refractivity (Wildman–Crippen MR) is 94.2 cm³/mol. The average Bonchev–Trinajstić information content (AvgIpc) is 2.45. The Balaban J connectivity index is 1.91. The maximum absolute atomic E-state index is 12.0. The van der Waals surface area contributed by atoms with Crippen molar-refractivity contribution in [2.75, 3.05) is 12.0 Å². The van der Waals surface area contributed by atoms with E-state index in [1.807, 2.05) is 52.8 Å². The second-order valence-corrected chi connectivity index (χ2v) is 5.95. The van der Waals surface area contributed by atoms with Gasteiger partial charge >= 0.3 is 6.03 Å². The van der Waals surface area contributed by atoms with E-state index in [1.165, 1.54) is 5.56 Å². The van der Waals surface area contributed by atoms with E-state index in [1.54, 1.807) is 0 Å². The Morgan fingerprint density at radius 3 is 2.22 bits per heavy atom. The van der Waals surface area contributed by atoms with Crippen molar-refractivity contribution < 1.29 is 9.53 Å². The topological polar surface area (TPSA) is 50.4 Å². The van der Waals surface area contributed by atoms with Crippen LogP contribution >= 0.6 is 0 Å². The maximum Gasteiger partial charge on any atom is 0.321 e. The summed E-state index contributed by atoms with van der Waals surface area (Å²) >= 11 is 0. The molecule has 0 aliphatic rings. The number of benzene rings is 2. The molecule has 4 nitrogen and oxygen atoms in total. The van der Waals surface area contributed by atoms with E-state index < -0.39 is 0 Å². The fourth-order valence-electron chi connectivity index (χ4n) is 2.54. The van der Waals surface area contributed by atoms with Crippen LogP contribution in [0.5, 0.6) is 5.75 Å². The van der Waals surface area contributed by atoms with Crippen molar-refractivity contribution in [2.45, 2.75) is 34.6 Å². The van der Waals surface area contributed by atoms with Crippen LogP contribution in [-0.2, 0) is 0 Å². The highest BCUT2D eigenvalue weighted by molar-refractivity contribution is 5.89. The molecular formula is C19H24N2O2. The molecule has 23 heavy (non-hydrogen) atoms. The summed E-state index contributed by atoms with van der Waals surface area (Å²) in [4.78, 5) is 12.0. The van der Waals surface area contributed by atoms with Crippen molar-refractivity contribution in [3.8, 4) is 5.75 Å². The Bertz CT molecular complexity index is 703. The number of hydrogen-bond acceptors (Lipinski definition) is 2. The zero-order chi connectivity index (χ0) is 17.0. The molecule has 0 unspecified atom stereocenters. The first kappa shape index (κ1) is 16.9. The van der Waals surface area contributed by atoms with Gasteiger partial charge in [0.2, 0.25) is 0 Å². The molecule has 0 aliphatic carbocycles. The molecule has 0 spiro atoms. The van der Waals surface area contributed by atoms with Gasteiger partial charge in [0.1, 0.15) is 5.75 Å². The summed E-state index contributed by atoms with van der Waals surface area (Å²) in [7, 11) is 0. The number of urea groups is 1. The van der Waals surface area contributed by atoms with E-state index in [4.69, 9.17) is 4.74 Å². The number of anilines is 1. The highest BCUT2D eigenvalue weighted by Gasteiger charge is 2.07. The van der Waals surface area contributed by atoms with E-state index in [9.17, 15) is 4.79 Å². The van der Waals surface area contributed by atoms with Crippen molar-refractivity contribution in [2.24, 2.45) is 0 Å². The maximum atomic E-state index is 12.0. The first-order chi connectivity index (χ1) is 10.9. The number of carbonyl (C=O) groups is 1.